The van der Waals surface area contributed by atoms with Gasteiger partial charge in [-0.2, -0.15) is 0 Å². The monoisotopic (exact) mass is 199 g/mol. The van der Waals surface area contributed by atoms with Gasteiger partial charge in [0, 0.05) is 14.1 Å². The number of amides is 1. The second kappa shape index (κ2) is 4.56. The first kappa shape index (κ1) is 10.5. The molecule has 14 heavy (non-hydrogen) atoms. The molecule has 0 atom stereocenters. The molecule has 0 bridgehead atoms. The zero-order chi connectivity index (χ0) is 10.6. The summed E-state index contributed by atoms with van der Waals surface area (Å²) in [6, 6.07) is 0.209. The topological polar surface area (TPSA) is 97.3 Å². The molecule has 3 N–H and O–H groups in total. The van der Waals surface area contributed by atoms with E-state index in [4.69, 9.17) is 10.2 Å². The van der Waals surface area contributed by atoms with Crippen LogP contribution in [0.3, 0.4) is 0 Å². The minimum absolute atomic E-state index is 0.0718. The minimum Gasteiger partial charge on any atom is -0.407 e. The Morgan fingerprint density at radius 2 is 2.29 bits per heavy atom. The number of nitrogens with one attached hydrogen (secondary N) is 1. The maximum Gasteiger partial charge on any atom is 0.315 e. The molecule has 0 spiro atoms. The predicted molar refractivity (Wildman–Crippen MR) is 49.4 cm³/mol. The van der Waals surface area contributed by atoms with Gasteiger partial charge in [0.15, 0.2) is 0 Å². The molecule has 0 saturated heterocycles. The lowest BCUT2D eigenvalue weighted by Gasteiger charge is -2.09. The fraction of sp³-hybridized carbons (Fsp3) is 0.571. The van der Waals surface area contributed by atoms with Crippen LogP contribution >= 0.6 is 0 Å². The fourth-order valence-electron chi connectivity index (χ4n) is 0.717. The molecule has 0 unspecified atom stereocenters. The molecular formula is C7H13N5O2. The van der Waals surface area contributed by atoms with Crippen molar-refractivity contribution in [2.45, 2.75) is 6.54 Å². The summed E-state index contributed by atoms with van der Waals surface area (Å²) in [6.45, 7) is 0.315. The van der Waals surface area contributed by atoms with Crippen molar-refractivity contribution in [3.63, 3.8) is 0 Å². The summed E-state index contributed by atoms with van der Waals surface area (Å²) in [4.78, 5) is 12.6. The fourth-order valence-corrected chi connectivity index (χ4v) is 0.717. The zero-order valence-electron chi connectivity index (χ0n) is 8.15. The molecule has 1 heterocycles. The number of carbonyl (C=O) groups is 1. The maximum atomic E-state index is 11.1. The third-order valence-electron chi connectivity index (χ3n) is 1.53. The lowest BCUT2D eigenvalue weighted by atomic mass is 10.5. The van der Waals surface area contributed by atoms with Crippen molar-refractivity contribution in [2.24, 2.45) is 5.73 Å². The average molecular weight is 199 g/mol. The van der Waals surface area contributed by atoms with Crippen LogP contribution in [0.5, 0.6) is 0 Å². The van der Waals surface area contributed by atoms with Gasteiger partial charge in [0.1, 0.15) is 0 Å². The van der Waals surface area contributed by atoms with Crippen LogP contribution in [0.1, 0.15) is 5.89 Å². The molecule has 1 amide bonds. The van der Waals surface area contributed by atoms with Crippen molar-refractivity contribution in [1.82, 2.24) is 15.1 Å². The number of likely N-dealkylation sites (N-methyl/N-ethyl adjacent to an activating group) is 1. The van der Waals surface area contributed by atoms with Gasteiger partial charge < -0.3 is 20.4 Å². The van der Waals surface area contributed by atoms with E-state index in [1.807, 2.05) is 0 Å². The van der Waals surface area contributed by atoms with Gasteiger partial charge in [-0.3, -0.25) is 4.79 Å². The Morgan fingerprint density at radius 3 is 2.79 bits per heavy atom. The number of anilines is 1. The van der Waals surface area contributed by atoms with E-state index in [2.05, 4.69) is 15.5 Å². The van der Waals surface area contributed by atoms with Crippen molar-refractivity contribution in [1.29, 1.82) is 0 Å². The van der Waals surface area contributed by atoms with E-state index in [0.29, 0.717) is 5.89 Å². The molecule has 1 aromatic rings. The second-order valence-corrected chi connectivity index (χ2v) is 2.85. The molecular weight excluding hydrogens is 186 g/mol. The van der Waals surface area contributed by atoms with Gasteiger partial charge in [-0.1, -0.05) is 5.10 Å². The first-order chi connectivity index (χ1) is 6.63. The zero-order valence-corrected chi connectivity index (χ0v) is 8.15. The molecule has 0 aromatic carbocycles. The van der Waals surface area contributed by atoms with Gasteiger partial charge >= 0.3 is 6.01 Å². The van der Waals surface area contributed by atoms with E-state index < -0.39 is 0 Å². The van der Waals surface area contributed by atoms with Crippen LogP contribution in [0.25, 0.3) is 0 Å². The third kappa shape index (κ3) is 2.70. The van der Waals surface area contributed by atoms with Crippen LogP contribution in [0, 0.1) is 0 Å². The van der Waals surface area contributed by atoms with Crippen molar-refractivity contribution >= 4 is 11.9 Å². The first-order valence-electron chi connectivity index (χ1n) is 4.10. The van der Waals surface area contributed by atoms with Crippen LogP contribution in [0.4, 0.5) is 6.01 Å². The first-order valence-corrected chi connectivity index (χ1v) is 4.10. The molecule has 0 fully saturated rings. The quantitative estimate of drug-likeness (QED) is 0.647. The Balaban J connectivity index is 2.41. The number of hydrogen-bond donors (Lipinski definition) is 2. The molecule has 7 nitrogen and oxygen atoms in total. The summed E-state index contributed by atoms with van der Waals surface area (Å²) in [6.07, 6.45) is 0. The highest BCUT2D eigenvalue weighted by Crippen LogP contribution is 2.03. The standard InChI is InChI=1S/C7H13N5O2/c1-12(2)6(13)4-9-7-11-10-5(3-8)14-7/h3-4,8H2,1-2H3,(H,9,11). The minimum atomic E-state index is -0.0718. The lowest BCUT2D eigenvalue weighted by molar-refractivity contribution is -0.126. The van der Waals surface area contributed by atoms with Crippen LogP contribution in [-0.2, 0) is 11.3 Å². The van der Waals surface area contributed by atoms with Gasteiger partial charge in [0.2, 0.25) is 11.8 Å². The molecule has 0 aliphatic heterocycles. The third-order valence-corrected chi connectivity index (χ3v) is 1.53. The Kier molecular flexibility index (Phi) is 3.41. The molecule has 0 saturated carbocycles. The van der Waals surface area contributed by atoms with Gasteiger partial charge in [0.25, 0.3) is 0 Å². The highest BCUT2D eigenvalue weighted by molar-refractivity contribution is 5.79. The summed E-state index contributed by atoms with van der Waals surface area (Å²) in [5, 5.41) is 9.96. The normalized spacial score (nSPS) is 9.93. The van der Waals surface area contributed by atoms with Crippen molar-refractivity contribution < 1.29 is 9.21 Å². The Labute approximate surface area is 81.3 Å². The van der Waals surface area contributed by atoms with Crippen LogP contribution in [0.2, 0.25) is 0 Å². The van der Waals surface area contributed by atoms with Gasteiger partial charge in [0.05, 0.1) is 13.1 Å². The van der Waals surface area contributed by atoms with Gasteiger partial charge in [-0.25, -0.2) is 0 Å². The number of aromatic nitrogens is 2. The van der Waals surface area contributed by atoms with E-state index in [1.54, 1.807) is 14.1 Å². The smallest absolute Gasteiger partial charge is 0.315 e. The number of rotatable bonds is 4. The lowest BCUT2D eigenvalue weighted by Crippen LogP contribution is -2.28. The van der Waals surface area contributed by atoms with E-state index in [1.165, 1.54) is 4.90 Å². The molecule has 7 heteroatoms. The Morgan fingerprint density at radius 1 is 1.57 bits per heavy atom. The predicted octanol–water partition coefficient (Wildman–Crippen LogP) is -0.972. The number of carbonyl (C=O) groups excluding carboxylic acids is 1. The summed E-state index contributed by atoms with van der Waals surface area (Å²) in [5.74, 6) is 0.266. The largest absolute Gasteiger partial charge is 0.407 e. The summed E-state index contributed by atoms with van der Waals surface area (Å²) in [5.41, 5.74) is 5.27. The molecule has 78 valence electrons. The second-order valence-electron chi connectivity index (χ2n) is 2.85. The van der Waals surface area contributed by atoms with E-state index >= 15 is 0 Å². The Bertz CT molecular complexity index is 309. The van der Waals surface area contributed by atoms with E-state index in [0.717, 1.165) is 0 Å². The van der Waals surface area contributed by atoms with Gasteiger partial charge in [-0.15, -0.1) is 5.10 Å². The van der Waals surface area contributed by atoms with Crippen molar-refractivity contribution in [2.75, 3.05) is 26.0 Å². The highest BCUT2D eigenvalue weighted by atomic mass is 16.4. The van der Waals surface area contributed by atoms with E-state index in [-0.39, 0.29) is 25.0 Å². The number of nitrogens with two attached hydrogens (primary N) is 1. The average Bonchev–Trinajstić information content (AvgIpc) is 2.61. The van der Waals surface area contributed by atoms with Gasteiger partial charge in [-0.05, 0) is 0 Å². The molecule has 0 radical (unpaired) electrons. The van der Waals surface area contributed by atoms with E-state index in [9.17, 15) is 4.79 Å². The molecule has 1 rings (SSSR count). The molecule has 0 aliphatic carbocycles. The van der Waals surface area contributed by atoms with Crippen molar-refractivity contribution in [3.05, 3.63) is 5.89 Å². The SMILES string of the molecule is CN(C)C(=O)CNc1nnc(CN)o1. The van der Waals surface area contributed by atoms with Crippen LogP contribution in [0.15, 0.2) is 4.42 Å². The van der Waals surface area contributed by atoms with Crippen LogP contribution in [-0.4, -0.2) is 41.6 Å². The summed E-state index contributed by atoms with van der Waals surface area (Å²) < 4.78 is 5.03. The Hall–Kier alpha value is -1.63. The number of hydrogen-bond acceptors (Lipinski definition) is 6. The molecule has 1 aromatic heterocycles. The highest BCUT2D eigenvalue weighted by Gasteiger charge is 2.07. The van der Waals surface area contributed by atoms with Crippen LogP contribution < -0.4 is 11.1 Å². The molecule has 0 aliphatic rings. The van der Waals surface area contributed by atoms with Crippen molar-refractivity contribution in [3.8, 4) is 0 Å². The number of nitrogens with zero attached hydrogens (tertiary/aromatic N) is 3. The summed E-state index contributed by atoms with van der Waals surface area (Å²) in [7, 11) is 3.34. The summed E-state index contributed by atoms with van der Waals surface area (Å²) >= 11 is 0. The maximum absolute atomic E-state index is 11.1.